The molecule has 0 radical (unpaired) electrons. The Morgan fingerprint density at radius 2 is 2.11 bits per heavy atom. The van der Waals surface area contributed by atoms with E-state index in [0.29, 0.717) is 6.04 Å². The number of para-hydroxylation sites is 1. The largest absolute Gasteiger partial charge is 0.496 e. The summed E-state index contributed by atoms with van der Waals surface area (Å²) in [6, 6.07) is 8.29. The molecule has 1 aliphatic heterocycles. The van der Waals surface area contributed by atoms with Gasteiger partial charge in [0.1, 0.15) is 11.9 Å². The van der Waals surface area contributed by atoms with Crippen LogP contribution in [0.4, 0.5) is 0 Å². The molecule has 1 aliphatic carbocycles. The van der Waals surface area contributed by atoms with Crippen molar-refractivity contribution >= 4 is 5.91 Å². The molecule has 1 saturated carbocycles. The molecule has 19 heavy (non-hydrogen) atoms. The maximum atomic E-state index is 12.4. The molecular weight excluding hydrogens is 240 g/mol. The zero-order chi connectivity index (χ0) is 13.4. The highest BCUT2D eigenvalue weighted by molar-refractivity contribution is 5.85. The number of benzene rings is 1. The maximum absolute atomic E-state index is 12.4. The van der Waals surface area contributed by atoms with Crippen molar-refractivity contribution in [1.29, 1.82) is 0 Å². The predicted octanol–water partition coefficient (Wildman–Crippen LogP) is 2.07. The Morgan fingerprint density at radius 3 is 2.74 bits per heavy atom. The lowest BCUT2D eigenvalue weighted by molar-refractivity contribution is -0.130. The van der Waals surface area contributed by atoms with Crippen molar-refractivity contribution in [3.05, 3.63) is 29.8 Å². The fraction of sp³-hybridized carbons (Fsp3) is 0.533. The van der Waals surface area contributed by atoms with Crippen LogP contribution in [0.15, 0.2) is 24.3 Å². The van der Waals surface area contributed by atoms with Crippen LogP contribution < -0.4 is 10.1 Å². The summed E-state index contributed by atoms with van der Waals surface area (Å²) in [7, 11) is 1.67. The van der Waals surface area contributed by atoms with E-state index in [1.807, 2.05) is 36.1 Å². The van der Waals surface area contributed by atoms with Gasteiger partial charge >= 0.3 is 0 Å². The number of carbonyl (C=O) groups is 1. The number of amides is 1. The first-order valence-corrected chi connectivity index (χ1v) is 6.97. The van der Waals surface area contributed by atoms with Crippen LogP contribution in [0.5, 0.6) is 5.75 Å². The highest BCUT2D eigenvalue weighted by Crippen LogP contribution is 2.40. The molecule has 3 rings (SSSR count). The number of nitrogens with one attached hydrogen (secondary N) is 1. The summed E-state index contributed by atoms with van der Waals surface area (Å²) in [5.74, 6) is 1.08. The minimum absolute atomic E-state index is 0.0406. The van der Waals surface area contributed by atoms with Gasteiger partial charge in [-0.2, -0.15) is 0 Å². The first-order chi connectivity index (χ1) is 9.26. The standard InChI is InChI=1S/C15H20N2O2/c1-3-12-15(18)17(10-8-9-10)14(16-12)11-6-4-5-7-13(11)19-2/h4-7,10,12,14,16H,3,8-9H2,1-2H3. The monoisotopic (exact) mass is 260 g/mol. The number of carbonyl (C=O) groups excluding carboxylic acids is 1. The molecule has 2 aliphatic rings. The summed E-state index contributed by atoms with van der Waals surface area (Å²) in [6.45, 7) is 2.05. The van der Waals surface area contributed by atoms with Gasteiger partial charge in [-0.15, -0.1) is 0 Å². The quantitative estimate of drug-likeness (QED) is 0.901. The van der Waals surface area contributed by atoms with E-state index in [0.717, 1.165) is 30.6 Å². The average molecular weight is 260 g/mol. The molecule has 1 saturated heterocycles. The summed E-state index contributed by atoms with van der Waals surface area (Å²) in [6.07, 6.45) is 3.03. The van der Waals surface area contributed by atoms with Crippen LogP contribution in [-0.2, 0) is 4.79 Å². The van der Waals surface area contributed by atoms with Crippen molar-refractivity contribution in [2.24, 2.45) is 0 Å². The van der Waals surface area contributed by atoms with Gasteiger partial charge < -0.3 is 9.64 Å². The van der Waals surface area contributed by atoms with E-state index < -0.39 is 0 Å². The number of methoxy groups -OCH3 is 1. The zero-order valence-corrected chi connectivity index (χ0v) is 11.4. The Labute approximate surface area is 113 Å². The van der Waals surface area contributed by atoms with Crippen LogP contribution in [0, 0.1) is 0 Å². The number of hydrogen-bond acceptors (Lipinski definition) is 3. The smallest absolute Gasteiger partial charge is 0.241 e. The van der Waals surface area contributed by atoms with Crippen molar-refractivity contribution in [3.63, 3.8) is 0 Å². The summed E-state index contributed by atoms with van der Waals surface area (Å²) >= 11 is 0. The lowest BCUT2D eigenvalue weighted by Crippen LogP contribution is -2.33. The molecule has 1 aromatic carbocycles. The predicted molar refractivity (Wildman–Crippen MR) is 72.8 cm³/mol. The number of ether oxygens (including phenoxy) is 1. The molecule has 1 N–H and O–H groups in total. The van der Waals surface area contributed by atoms with Crippen LogP contribution in [-0.4, -0.2) is 30.0 Å². The van der Waals surface area contributed by atoms with Gasteiger partial charge in [0.15, 0.2) is 0 Å². The van der Waals surface area contributed by atoms with E-state index in [-0.39, 0.29) is 18.1 Å². The Morgan fingerprint density at radius 1 is 1.37 bits per heavy atom. The van der Waals surface area contributed by atoms with E-state index in [1.165, 1.54) is 0 Å². The second-order valence-corrected chi connectivity index (χ2v) is 5.25. The van der Waals surface area contributed by atoms with E-state index in [9.17, 15) is 4.79 Å². The maximum Gasteiger partial charge on any atom is 0.241 e. The van der Waals surface area contributed by atoms with Gasteiger partial charge in [-0.25, -0.2) is 0 Å². The fourth-order valence-electron chi connectivity index (χ4n) is 2.82. The number of nitrogens with zero attached hydrogens (tertiary/aromatic N) is 1. The SMILES string of the molecule is CCC1NC(c2ccccc2OC)N(C2CC2)C1=O. The average Bonchev–Trinajstić information content (AvgIpc) is 3.22. The highest BCUT2D eigenvalue weighted by Gasteiger charge is 2.46. The number of rotatable bonds is 4. The Kier molecular flexibility index (Phi) is 3.19. The van der Waals surface area contributed by atoms with Crippen LogP contribution in [0.1, 0.15) is 37.9 Å². The third kappa shape index (κ3) is 2.10. The number of hydrogen-bond donors (Lipinski definition) is 1. The van der Waals surface area contributed by atoms with Crippen molar-refractivity contribution in [2.75, 3.05) is 7.11 Å². The molecule has 102 valence electrons. The van der Waals surface area contributed by atoms with Crippen LogP contribution in [0.2, 0.25) is 0 Å². The summed E-state index contributed by atoms with van der Waals surface area (Å²) in [5, 5.41) is 3.45. The third-order valence-electron chi connectivity index (χ3n) is 3.97. The first kappa shape index (κ1) is 12.5. The van der Waals surface area contributed by atoms with E-state index >= 15 is 0 Å². The first-order valence-electron chi connectivity index (χ1n) is 6.97. The molecule has 4 heteroatoms. The molecule has 2 atom stereocenters. The molecule has 0 bridgehead atoms. The van der Waals surface area contributed by atoms with E-state index in [1.54, 1.807) is 7.11 Å². The molecule has 1 heterocycles. The van der Waals surface area contributed by atoms with E-state index in [4.69, 9.17) is 4.74 Å². The van der Waals surface area contributed by atoms with Crippen molar-refractivity contribution < 1.29 is 9.53 Å². The van der Waals surface area contributed by atoms with Gasteiger partial charge in [0.25, 0.3) is 0 Å². The molecular formula is C15H20N2O2. The van der Waals surface area contributed by atoms with Crippen LogP contribution in [0.25, 0.3) is 0 Å². The van der Waals surface area contributed by atoms with E-state index in [2.05, 4.69) is 5.32 Å². The van der Waals surface area contributed by atoms with Crippen molar-refractivity contribution in [1.82, 2.24) is 10.2 Å². The Balaban J connectivity index is 1.95. The van der Waals surface area contributed by atoms with Gasteiger partial charge in [0.2, 0.25) is 5.91 Å². The molecule has 0 spiro atoms. The second kappa shape index (κ2) is 4.85. The normalized spacial score (nSPS) is 26.8. The van der Waals surface area contributed by atoms with Gasteiger partial charge in [0, 0.05) is 11.6 Å². The Bertz CT molecular complexity index is 485. The molecule has 1 aromatic rings. The molecule has 2 fully saturated rings. The van der Waals surface area contributed by atoms with Gasteiger partial charge in [-0.3, -0.25) is 10.1 Å². The molecule has 4 nitrogen and oxygen atoms in total. The lowest BCUT2D eigenvalue weighted by atomic mass is 10.1. The second-order valence-electron chi connectivity index (χ2n) is 5.25. The van der Waals surface area contributed by atoms with Gasteiger partial charge in [0.05, 0.1) is 13.2 Å². The molecule has 2 unspecified atom stereocenters. The summed E-state index contributed by atoms with van der Waals surface area (Å²) in [4.78, 5) is 14.4. The highest BCUT2D eigenvalue weighted by atomic mass is 16.5. The van der Waals surface area contributed by atoms with Crippen molar-refractivity contribution in [2.45, 2.75) is 44.4 Å². The van der Waals surface area contributed by atoms with Gasteiger partial charge in [-0.05, 0) is 25.3 Å². The summed E-state index contributed by atoms with van der Waals surface area (Å²) < 4.78 is 5.43. The molecule has 1 amide bonds. The van der Waals surface area contributed by atoms with Gasteiger partial charge in [-0.1, -0.05) is 25.1 Å². The topological polar surface area (TPSA) is 41.6 Å². The van der Waals surface area contributed by atoms with Crippen LogP contribution >= 0.6 is 0 Å². The third-order valence-corrected chi connectivity index (χ3v) is 3.97. The minimum atomic E-state index is -0.0597. The Hall–Kier alpha value is -1.55. The summed E-state index contributed by atoms with van der Waals surface area (Å²) in [5.41, 5.74) is 1.06. The van der Waals surface area contributed by atoms with Crippen LogP contribution in [0.3, 0.4) is 0 Å². The fourth-order valence-corrected chi connectivity index (χ4v) is 2.82. The van der Waals surface area contributed by atoms with Crippen molar-refractivity contribution in [3.8, 4) is 5.75 Å². The lowest BCUT2D eigenvalue weighted by Gasteiger charge is -2.25. The zero-order valence-electron chi connectivity index (χ0n) is 11.4. The minimum Gasteiger partial charge on any atom is -0.496 e. The molecule has 0 aromatic heterocycles.